The van der Waals surface area contributed by atoms with Gasteiger partial charge in [0.2, 0.25) is 0 Å². The van der Waals surface area contributed by atoms with E-state index in [0.717, 1.165) is 37.5 Å². The number of anilines is 1. The molecule has 0 aliphatic carbocycles. The summed E-state index contributed by atoms with van der Waals surface area (Å²) in [5.74, 6) is 0. The van der Waals surface area contributed by atoms with Crippen molar-refractivity contribution in [1.29, 1.82) is 0 Å². The van der Waals surface area contributed by atoms with Gasteiger partial charge < -0.3 is 10.6 Å². The molecule has 2 N–H and O–H groups in total. The van der Waals surface area contributed by atoms with E-state index >= 15 is 0 Å². The average molecular weight is 333 g/mol. The first-order chi connectivity index (χ1) is 9.80. The summed E-state index contributed by atoms with van der Waals surface area (Å²) in [6, 6.07) is 0. The van der Waals surface area contributed by atoms with E-state index in [1.807, 2.05) is 14.1 Å². The van der Waals surface area contributed by atoms with Crippen molar-refractivity contribution < 1.29 is 8.42 Å². The van der Waals surface area contributed by atoms with Crippen LogP contribution < -0.4 is 5.73 Å². The molecule has 1 aromatic heterocycles. The number of thiazole rings is 1. The van der Waals surface area contributed by atoms with E-state index in [4.69, 9.17) is 5.73 Å². The lowest BCUT2D eigenvalue weighted by molar-refractivity contribution is 0.175. The van der Waals surface area contributed by atoms with Crippen molar-refractivity contribution in [2.45, 2.75) is 11.1 Å². The van der Waals surface area contributed by atoms with Crippen molar-refractivity contribution in [2.75, 3.05) is 59.1 Å². The summed E-state index contributed by atoms with van der Waals surface area (Å²) in [6.07, 6.45) is 0. The Morgan fingerprint density at radius 2 is 1.90 bits per heavy atom. The van der Waals surface area contributed by atoms with Gasteiger partial charge in [0.1, 0.15) is 0 Å². The van der Waals surface area contributed by atoms with E-state index in [1.54, 1.807) is 11.2 Å². The van der Waals surface area contributed by atoms with Gasteiger partial charge in [-0.1, -0.05) is 11.3 Å². The number of nitrogens with zero attached hydrogens (tertiary/aromatic N) is 4. The normalized spacial score (nSPS) is 18.5. The van der Waals surface area contributed by atoms with Crippen LogP contribution in [0.1, 0.15) is 5.69 Å². The van der Waals surface area contributed by atoms with Crippen molar-refractivity contribution in [2.24, 2.45) is 0 Å². The molecule has 0 bridgehead atoms. The molecule has 0 aromatic carbocycles. The third kappa shape index (κ3) is 3.92. The number of piperazine rings is 1. The van der Waals surface area contributed by atoms with Gasteiger partial charge in [0.25, 0.3) is 10.0 Å². The molecule has 120 valence electrons. The van der Waals surface area contributed by atoms with Gasteiger partial charge in [0.05, 0.1) is 5.69 Å². The van der Waals surface area contributed by atoms with E-state index in [0.29, 0.717) is 23.9 Å². The van der Waals surface area contributed by atoms with Crippen LogP contribution in [0, 0.1) is 6.92 Å². The van der Waals surface area contributed by atoms with Crippen molar-refractivity contribution >= 4 is 26.5 Å². The van der Waals surface area contributed by atoms with Gasteiger partial charge in [0, 0.05) is 39.3 Å². The lowest BCUT2D eigenvalue weighted by atomic mass is 10.3. The SMILES string of the molecule is Cc1nc(N)sc1S(=O)(=O)N1CCN(CCN(C)C)CC1. The first-order valence-corrected chi connectivity index (χ1v) is 9.16. The van der Waals surface area contributed by atoms with Gasteiger partial charge in [0.15, 0.2) is 9.34 Å². The summed E-state index contributed by atoms with van der Waals surface area (Å²) in [6.45, 7) is 6.21. The fourth-order valence-corrected chi connectivity index (χ4v) is 5.15. The molecule has 7 nitrogen and oxygen atoms in total. The Hall–Kier alpha value is -0.740. The van der Waals surface area contributed by atoms with Gasteiger partial charge >= 0.3 is 0 Å². The molecular weight excluding hydrogens is 310 g/mol. The van der Waals surface area contributed by atoms with Gasteiger partial charge in [-0.3, -0.25) is 4.90 Å². The Balaban J connectivity index is 2.00. The fraction of sp³-hybridized carbons (Fsp3) is 0.750. The topological polar surface area (TPSA) is 82.8 Å². The molecule has 9 heteroatoms. The summed E-state index contributed by atoms with van der Waals surface area (Å²) in [5, 5.41) is 0.302. The predicted molar refractivity (Wildman–Crippen MR) is 85.0 cm³/mol. The summed E-state index contributed by atoms with van der Waals surface area (Å²) in [7, 11) is 0.624. The summed E-state index contributed by atoms with van der Waals surface area (Å²) < 4.78 is 27.0. The van der Waals surface area contributed by atoms with Crippen LogP contribution in [-0.2, 0) is 10.0 Å². The standard InChI is InChI=1S/C12H23N5O2S2/c1-10-11(20-12(13)14-10)21(18,19)17-8-6-16(7-9-17)5-4-15(2)3/h4-9H2,1-3H3,(H2,13,14). The average Bonchev–Trinajstić information content (AvgIpc) is 2.76. The van der Waals surface area contributed by atoms with Crippen molar-refractivity contribution in [3.63, 3.8) is 0 Å². The van der Waals surface area contributed by atoms with Crippen LogP contribution in [0.2, 0.25) is 0 Å². The molecule has 0 amide bonds. The zero-order valence-corrected chi connectivity index (χ0v) is 14.4. The largest absolute Gasteiger partial charge is 0.375 e. The van der Waals surface area contributed by atoms with Gasteiger partial charge in [-0.15, -0.1) is 0 Å². The predicted octanol–water partition coefficient (Wildman–Crippen LogP) is -0.0984. The minimum absolute atomic E-state index is 0.279. The highest BCUT2D eigenvalue weighted by atomic mass is 32.2. The molecule has 1 fully saturated rings. The Labute approximate surface area is 130 Å². The number of rotatable bonds is 5. The maximum atomic E-state index is 12.6. The number of likely N-dealkylation sites (N-methyl/N-ethyl adjacent to an activating group) is 1. The fourth-order valence-electron chi connectivity index (χ4n) is 2.29. The minimum atomic E-state index is -3.45. The molecule has 0 spiro atoms. The first kappa shape index (κ1) is 16.6. The first-order valence-electron chi connectivity index (χ1n) is 6.91. The van der Waals surface area contributed by atoms with Gasteiger partial charge in [-0.05, 0) is 21.0 Å². The van der Waals surface area contributed by atoms with Gasteiger partial charge in [-0.25, -0.2) is 13.4 Å². The van der Waals surface area contributed by atoms with Crippen LogP contribution in [0.3, 0.4) is 0 Å². The highest BCUT2D eigenvalue weighted by Crippen LogP contribution is 2.28. The second kappa shape index (κ2) is 6.57. The molecular formula is C12H23N5O2S2. The number of hydrogen-bond acceptors (Lipinski definition) is 7. The van der Waals surface area contributed by atoms with Crippen LogP contribution >= 0.6 is 11.3 Å². The van der Waals surface area contributed by atoms with E-state index in [-0.39, 0.29) is 4.21 Å². The Morgan fingerprint density at radius 1 is 1.29 bits per heavy atom. The maximum absolute atomic E-state index is 12.6. The number of nitrogens with two attached hydrogens (primary N) is 1. The molecule has 1 aromatic rings. The molecule has 21 heavy (non-hydrogen) atoms. The highest BCUT2D eigenvalue weighted by Gasteiger charge is 2.31. The smallest absolute Gasteiger partial charge is 0.254 e. The molecule has 0 saturated carbocycles. The van der Waals surface area contributed by atoms with Crippen LogP contribution in [0.4, 0.5) is 5.13 Å². The summed E-state index contributed by atoms with van der Waals surface area (Å²) >= 11 is 1.05. The second-order valence-corrected chi connectivity index (χ2v) is 8.64. The Kier molecular flexibility index (Phi) is 5.20. The monoisotopic (exact) mass is 333 g/mol. The Bertz CT molecular complexity index is 576. The van der Waals surface area contributed by atoms with Crippen LogP contribution in [0.25, 0.3) is 0 Å². The van der Waals surface area contributed by atoms with Crippen molar-refractivity contribution in [3.8, 4) is 0 Å². The van der Waals surface area contributed by atoms with Crippen molar-refractivity contribution in [3.05, 3.63) is 5.69 Å². The zero-order chi connectivity index (χ0) is 15.6. The maximum Gasteiger partial charge on any atom is 0.254 e. The van der Waals surface area contributed by atoms with Crippen LogP contribution in [-0.4, -0.2) is 80.9 Å². The van der Waals surface area contributed by atoms with E-state index in [1.165, 1.54) is 0 Å². The zero-order valence-electron chi connectivity index (χ0n) is 12.7. The number of hydrogen-bond donors (Lipinski definition) is 1. The minimum Gasteiger partial charge on any atom is -0.375 e. The van der Waals surface area contributed by atoms with Crippen LogP contribution in [0.5, 0.6) is 0 Å². The lowest BCUT2D eigenvalue weighted by Gasteiger charge is -2.34. The van der Waals surface area contributed by atoms with E-state index in [2.05, 4.69) is 14.8 Å². The molecule has 0 radical (unpaired) electrons. The molecule has 1 saturated heterocycles. The second-order valence-electron chi connectivity index (χ2n) is 5.47. The quantitative estimate of drug-likeness (QED) is 0.810. The molecule has 2 heterocycles. The lowest BCUT2D eigenvalue weighted by Crippen LogP contribution is -2.49. The van der Waals surface area contributed by atoms with Gasteiger partial charge in [-0.2, -0.15) is 4.31 Å². The molecule has 1 aliphatic rings. The Morgan fingerprint density at radius 3 is 2.38 bits per heavy atom. The van der Waals surface area contributed by atoms with Crippen molar-refractivity contribution in [1.82, 2.24) is 19.1 Å². The number of aromatic nitrogens is 1. The molecule has 2 rings (SSSR count). The highest BCUT2D eigenvalue weighted by molar-refractivity contribution is 7.91. The number of aryl methyl sites for hydroxylation is 1. The molecule has 0 unspecified atom stereocenters. The summed E-state index contributed by atoms with van der Waals surface area (Å²) in [4.78, 5) is 8.43. The number of nitrogen functional groups attached to an aromatic ring is 1. The number of sulfonamides is 1. The van der Waals surface area contributed by atoms with Crippen LogP contribution in [0.15, 0.2) is 4.21 Å². The molecule has 1 aliphatic heterocycles. The van der Waals surface area contributed by atoms with E-state index in [9.17, 15) is 8.42 Å². The third-order valence-corrected chi connectivity index (χ3v) is 7.01. The van der Waals surface area contributed by atoms with E-state index < -0.39 is 10.0 Å². The molecule has 0 atom stereocenters. The summed E-state index contributed by atoms with van der Waals surface area (Å²) in [5.41, 5.74) is 6.10. The third-order valence-electron chi connectivity index (χ3n) is 3.54.